The molecule has 26 heavy (non-hydrogen) atoms. The molecule has 0 amide bonds. The average molecular weight is 363 g/mol. The minimum absolute atomic E-state index is 0.0363. The molecule has 4 unspecified atom stereocenters. The molecule has 144 valence electrons. The molecule has 1 aromatic carbocycles. The first kappa shape index (κ1) is 19.3. The van der Waals surface area contributed by atoms with Crippen LogP contribution in [0.4, 0.5) is 4.39 Å². The maximum absolute atomic E-state index is 14.3. The molecule has 0 saturated heterocycles. The van der Waals surface area contributed by atoms with Crippen molar-refractivity contribution >= 4 is 5.97 Å². The lowest BCUT2D eigenvalue weighted by Gasteiger charge is -2.42. The Morgan fingerprint density at radius 3 is 2.62 bits per heavy atom. The lowest BCUT2D eigenvalue weighted by molar-refractivity contribution is -0.143. The molecule has 5 heteroatoms. The van der Waals surface area contributed by atoms with Gasteiger partial charge in [-0.25, -0.2) is 4.39 Å². The number of hydrogen-bond donors (Lipinski definition) is 1. The molecule has 0 bridgehead atoms. The molecule has 0 aliphatic heterocycles. The van der Waals surface area contributed by atoms with E-state index in [4.69, 9.17) is 4.74 Å². The quantitative estimate of drug-likeness (QED) is 0.656. The van der Waals surface area contributed by atoms with Gasteiger partial charge in [0.15, 0.2) is 0 Å². The fourth-order valence-electron chi connectivity index (χ4n) is 4.28. The van der Waals surface area contributed by atoms with Gasteiger partial charge in [0.25, 0.3) is 0 Å². The SMILES string of the molecule is CN(C)CC1CCC2CC2C1(O)c1cc(F)cc(OC(=O)C(C)(C)C)c1. The lowest BCUT2D eigenvalue weighted by atomic mass is 9.71. The number of carbonyl (C=O) groups is 1. The second-order valence-corrected chi connectivity index (χ2v) is 9.28. The molecule has 2 aliphatic carbocycles. The molecular weight excluding hydrogens is 333 g/mol. The summed E-state index contributed by atoms with van der Waals surface area (Å²) in [6.45, 7) is 6.01. The second kappa shape index (κ2) is 6.61. The van der Waals surface area contributed by atoms with Crippen LogP contribution in [0, 0.1) is 29.0 Å². The Labute approximate surface area is 155 Å². The summed E-state index contributed by atoms with van der Waals surface area (Å²) in [6.07, 6.45) is 3.02. The zero-order chi connectivity index (χ0) is 19.3. The maximum atomic E-state index is 14.3. The molecule has 1 aromatic rings. The molecule has 4 nitrogen and oxygen atoms in total. The van der Waals surface area contributed by atoms with Gasteiger partial charge in [-0.05, 0) is 83.7 Å². The molecular formula is C21H30FNO3. The Bertz CT molecular complexity index is 697. The summed E-state index contributed by atoms with van der Waals surface area (Å²) in [5, 5.41) is 11.7. The zero-order valence-corrected chi connectivity index (χ0v) is 16.4. The monoisotopic (exact) mass is 363 g/mol. The van der Waals surface area contributed by atoms with E-state index in [1.807, 2.05) is 14.1 Å². The van der Waals surface area contributed by atoms with Crippen LogP contribution in [0.3, 0.4) is 0 Å². The third-order valence-electron chi connectivity index (χ3n) is 5.74. The van der Waals surface area contributed by atoms with Gasteiger partial charge in [0, 0.05) is 18.5 Å². The van der Waals surface area contributed by atoms with E-state index in [0.29, 0.717) is 11.5 Å². The number of benzene rings is 1. The third-order valence-corrected chi connectivity index (χ3v) is 5.74. The van der Waals surface area contributed by atoms with Crippen LogP contribution < -0.4 is 4.74 Å². The fourth-order valence-corrected chi connectivity index (χ4v) is 4.28. The average Bonchev–Trinajstić information content (AvgIpc) is 3.29. The van der Waals surface area contributed by atoms with E-state index in [1.54, 1.807) is 26.8 Å². The van der Waals surface area contributed by atoms with Crippen molar-refractivity contribution in [3.63, 3.8) is 0 Å². The standard InChI is InChI=1S/C21H30FNO3/c1-20(2,3)19(24)26-17-10-15(9-16(22)11-17)21(25)14(12-23(4)5)7-6-13-8-18(13)21/h9-11,13-14,18,25H,6-8,12H2,1-5H3. The molecule has 0 spiro atoms. The first-order chi connectivity index (χ1) is 12.0. The highest BCUT2D eigenvalue weighted by Gasteiger charge is 2.59. The molecule has 0 aromatic heterocycles. The molecule has 2 saturated carbocycles. The largest absolute Gasteiger partial charge is 0.426 e. The van der Waals surface area contributed by atoms with Crippen molar-refractivity contribution < 1.29 is 19.0 Å². The van der Waals surface area contributed by atoms with Crippen LogP contribution in [-0.2, 0) is 10.4 Å². The molecule has 0 radical (unpaired) electrons. The van der Waals surface area contributed by atoms with Crippen LogP contribution in [0.25, 0.3) is 0 Å². The Morgan fingerprint density at radius 1 is 1.31 bits per heavy atom. The summed E-state index contributed by atoms with van der Waals surface area (Å²) in [4.78, 5) is 14.2. The van der Waals surface area contributed by atoms with E-state index in [-0.39, 0.29) is 17.6 Å². The van der Waals surface area contributed by atoms with E-state index in [0.717, 1.165) is 25.8 Å². The Kier molecular flexibility index (Phi) is 4.91. The Hall–Kier alpha value is -1.46. The summed E-state index contributed by atoms with van der Waals surface area (Å²) in [6, 6.07) is 4.26. The van der Waals surface area contributed by atoms with Crippen LogP contribution in [0.5, 0.6) is 5.75 Å². The molecule has 2 fully saturated rings. The minimum Gasteiger partial charge on any atom is -0.426 e. The van der Waals surface area contributed by atoms with E-state index in [9.17, 15) is 14.3 Å². The molecule has 3 rings (SSSR count). The number of ether oxygens (including phenoxy) is 1. The summed E-state index contributed by atoms with van der Waals surface area (Å²) >= 11 is 0. The molecule has 4 atom stereocenters. The van der Waals surface area contributed by atoms with Gasteiger partial charge >= 0.3 is 5.97 Å². The number of carbonyl (C=O) groups excluding carboxylic acids is 1. The lowest BCUT2D eigenvalue weighted by Crippen LogP contribution is -2.45. The van der Waals surface area contributed by atoms with E-state index < -0.39 is 22.8 Å². The van der Waals surface area contributed by atoms with Gasteiger partial charge in [-0.3, -0.25) is 4.79 Å². The van der Waals surface area contributed by atoms with E-state index in [2.05, 4.69) is 4.90 Å². The first-order valence-electron chi connectivity index (χ1n) is 9.42. The summed E-state index contributed by atoms with van der Waals surface area (Å²) in [5.74, 6) is -0.0248. The van der Waals surface area contributed by atoms with Crippen LogP contribution in [-0.4, -0.2) is 36.6 Å². The highest BCUT2D eigenvalue weighted by molar-refractivity contribution is 5.77. The van der Waals surface area contributed by atoms with Crippen LogP contribution in [0.2, 0.25) is 0 Å². The normalized spacial score (nSPS) is 30.8. The van der Waals surface area contributed by atoms with Crippen LogP contribution >= 0.6 is 0 Å². The smallest absolute Gasteiger partial charge is 0.316 e. The minimum atomic E-state index is -1.07. The zero-order valence-electron chi connectivity index (χ0n) is 16.4. The Morgan fingerprint density at radius 2 is 2.00 bits per heavy atom. The van der Waals surface area contributed by atoms with Gasteiger partial charge in [0.1, 0.15) is 11.6 Å². The predicted octanol–water partition coefficient (Wildman–Crippen LogP) is 3.57. The highest BCUT2D eigenvalue weighted by Crippen LogP contribution is 2.61. The topological polar surface area (TPSA) is 49.8 Å². The number of aliphatic hydroxyl groups is 1. The first-order valence-corrected chi connectivity index (χ1v) is 9.42. The highest BCUT2D eigenvalue weighted by atomic mass is 19.1. The van der Waals surface area contributed by atoms with Gasteiger partial charge in [0.2, 0.25) is 0 Å². The number of hydrogen-bond acceptors (Lipinski definition) is 4. The van der Waals surface area contributed by atoms with Crippen molar-refractivity contribution in [2.45, 2.75) is 45.6 Å². The molecule has 0 heterocycles. The van der Waals surface area contributed by atoms with Gasteiger partial charge < -0.3 is 14.7 Å². The van der Waals surface area contributed by atoms with Crippen molar-refractivity contribution in [1.29, 1.82) is 0 Å². The molecule has 1 N–H and O–H groups in total. The van der Waals surface area contributed by atoms with Gasteiger partial charge in [0.05, 0.1) is 11.0 Å². The van der Waals surface area contributed by atoms with E-state index in [1.165, 1.54) is 12.1 Å². The number of nitrogens with zero attached hydrogens (tertiary/aromatic N) is 1. The van der Waals surface area contributed by atoms with Crippen LogP contribution in [0.1, 0.15) is 45.6 Å². The van der Waals surface area contributed by atoms with Gasteiger partial charge in [-0.1, -0.05) is 0 Å². The second-order valence-electron chi connectivity index (χ2n) is 9.28. The predicted molar refractivity (Wildman–Crippen MR) is 98.3 cm³/mol. The van der Waals surface area contributed by atoms with E-state index >= 15 is 0 Å². The number of rotatable bonds is 4. The summed E-state index contributed by atoms with van der Waals surface area (Å²) in [5.41, 5.74) is -1.21. The van der Waals surface area contributed by atoms with Crippen molar-refractivity contribution in [3.05, 3.63) is 29.6 Å². The summed E-state index contributed by atoms with van der Waals surface area (Å²) in [7, 11) is 3.98. The summed E-state index contributed by atoms with van der Waals surface area (Å²) < 4.78 is 19.7. The fraction of sp³-hybridized carbons (Fsp3) is 0.667. The van der Waals surface area contributed by atoms with Crippen LogP contribution in [0.15, 0.2) is 18.2 Å². The van der Waals surface area contributed by atoms with Crippen molar-refractivity contribution in [3.8, 4) is 5.75 Å². The Balaban J connectivity index is 1.95. The van der Waals surface area contributed by atoms with Gasteiger partial charge in [-0.15, -0.1) is 0 Å². The maximum Gasteiger partial charge on any atom is 0.316 e. The van der Waals surface area contributed by atoms with Crippen molar-refractivity contribution in [2.75, 3.05) is 20.6 Å². The van der Waals surface area contributed by atoms with Crippen molar-refractivity contribution in [1.82, 2.24) is 4.90 Å². The number of fused-ring (bicyclic) bond motifs is 1. The third kappa shape index (κ3) is 3.65. The van der Waals surface area contributed by atoms with Gasteiger partial charge in [-0.2, -0.15) is 0 Å². The number of esters is 1. The number of halogens is 1. The van der Waals surface area contributed by atoms with Crippen molar-refractivity contribution in [2.24, 2.45) is 23.2 Å². The molecule has 2 aliphatic rings.